The second-order valence-corrected chi connectivity index (χ2v) is 6.04. The number of anilines is 1. The van der Waals surface area contributed by atoms with Crippen LogP contribution in [-0.2, 0) is 4.74 Å². The first-order valence-electron chi connectivity index (χ1n) is 6.24. The van der Waals surface area contributed by atoms with Crippen molar-refractivity contribution in [3.63, 3.8) is 0 Å². The highest BCUT2D eigenvalue weighted by Gasteiger charge is 2.26. The summed E-state index contributed by atoms with van der Waals surface area (Å²) in [7, 11) is 1.74. The molecule has 0 saturated carbocycles. The van der Waals surface area contributed by atoms with Crippen molar-refractivity contribution in [1.82, 2.24) is 0 Å². The van der Waals surface area contributed by atoms with E-state index in [9.17, 15) is 10.1 Å². The number of rotatable bonds is 3. The van der Waals surface area contributed by atoms with E-state index in [1.54, 1.807) is 13.2 Å². The molecule has 1 aliphatic rings. The molecule has 6 heteroatoms. The SMILES string of the molecule is COC1CN(c2ccc([N+](=O)[O-])c(I)c2)CCC1C. The van der Waals surface area contributed by atoms with Crippen LogP contribution in [0.25, 0.3) is 0 Å². The van der Waals surface area contributed by atoms with Gasteiger partial charge in [0.2, 0.25) is 0 Å². The lowest BCUT2D eigenvalue weighted by atomic mass is 9.95. The Balaban J connectivity index is 2.18. The van der Waals surface area contributed by atoms with Crippen LogP contribution in [0.4, 0.5) is 11.4 Å². The number of nitro groups is 1. The Labute approximate surface area is 126 Å². The molecule has 2 unspecified atom stereocenters. The van der Waals surface area contributed by atoms with Crippen LogP contribution in [0.15, 0.2) is 18.2 Å². The normalized spacial score (nSPS) is 23.4. The van der Waals surface area contributed by atoms with Crippen LogP contribution in [0, 0.1) is 19.6 Å². The largest absolute Gasteiger partial charge is 0.379 e. The van der Waals surface area contributed by atoms with Gasteiger partial charge in [0.15, 0.2) is 0 Å². The molecular weight excluding hydrogens is 359 g/mol. The van der Waals surface area contributed by atoms with Crippen molar-refractivity contribution in [3.05, 3.63) is 31.9 Å². The molecule has 1 heterocycles. The van der Waals surface area contributed by atoms with Gasteiger partial charge >= 0.3 is 0 Å². The van der Waals surface area contributed by atoms with Crippen LogP contribution < -0.4 is 4.90 Å². The van der Waals surface area contributed by atoms with Gasteiger partial charge in [-0.25, -0.2) is 0 Å². The predicted octanol–water partition coefficient (Wildman–Crippen LogP) is 3.06. The monoisotopic (exact) mass is 376 g/mol. The topological polar surface area (TPSA) is 55.6 Å². The van der Waals surface area contributed by atoms with Gasteiger partial charge in [0, 0.05) is 32.0 Å². The Morgan fingerprint density at radius 1 is 1.53 bits per heavy atom. The maximum Gasteiger partial charge on any atom is 0.282 e. The molecule has 1 saturated heterocycles. The Bertz CT molecular complexity index is 481. The highest BCUT2D eigenvalue weighted by Crippen LogP contribution is 2.29. The van der Waals surface area contributed by atoms with Crippen LogP contribution in [0.3, 0.4) is 0 Å². The van der Waals surface area contributed by atoms with Crippen LogP contribution in [-0.4, -0.2) is 31.2 Å². The maximum absolute atomic E-state index is 10.8. The highest BCUT2D eigenvalue weighted by molar-refractivity contribution is 14.1. The minimum atomic E-state index is -0.345. The second-order valence-electron chi connectivity index (χ2n) is 4.88. The van der Waals surface area contributed by atoms with E-state index >= 15 is 0 Å². The number of methoxy groups -OCH3 is 1. The van der Waals surface area contributed by atoms with Crippen molar-refractivity contribution >= 4 is 34.0 Å². The van der Waals surface area contributed by atoms with Gasteiger partial charge in [-0.05, 0) is 47.1 Å². The third kappa shape index (κ3) is 3.17. The van der Waals surface area contributed by atoms with Crippen molar-refractivity contribution in [2.75, 3.05) is 25.1 Å². The molecule has 0 spiro atoms. The molecule has 0 bridgehead atoms. The third-order valence-corrected chi connectivity index (χ3v) is 4.55. The lowest BCUT2D eigenvalue weighted by molar-refractivity contribution is -0.385. The number of nitro benzene ring substituents is 1. The summed E-state index contributed by atoms with van der Waals surface area (Å²) in [4.78, 5) is 12.7. The average Bonchev–Trinajstić information content (AvgIpc) is 2.38. The van der Waals surface area contributed by atoms with E-state index in [4.69, 9.17) is 4.74 Å². The van der Waals surface area contributed by atoms with Crippen LogP contribution in [0.1, 0.15) is 13.3 Å². The number of piperidine rings is 1. The molecule has 1 aromatic carbocycles. The lowest BCUT2D eigenvalue weighted by Crippen LogP contribution is -2.43. The molecule has 0 amide bonds. The number of halogens is 1. The molecule has 0 radical (unpaired) electrons. The first-order valence-corrected chi connectivity index (χ1v) is 7.32. The highest BCUT2D eigenvalue weighted by atomic mass is 127. The second kappa shape index (κ2) is 6.04. The molecule has 0 aliphatic carbocycles. The van der Waals surface area contributed by atoms with Crippen molar-refractivity contribution in [1.29, 1.82) is 0 Å². The number of hydrogen-bond donors (Lipinski definition) is 0. The number of nitrogens with zero attached hydrogens (tertiary/aromatic N) is 2. The molecule has 19 heavy (non-hydrogen) atoms. The molecule has 2 rings (SSSR count). The Hall–Kier alpha value is -0.890. The average molecular weight is 376 g/mol. The molecule has 2 atom stereocenters. The summed E-state index contributed by atoms with van der Waals surface area (Å²) in [6.45, 7) is 4.01. The summed E-state index contributed by atoms with van der Waals surface area (Å²) in [5, 5.41) is 10.8. The summed E-state index contributed by atoms with van der Waals surface area (Å²) < 4.78 is 6.17. The number of benzene rings is 1. The molecule has 0 N–H and O–H groups in total. The van der Waals surface area contributed by atoms with Gasteiger partial charge in [0.05, 0.1) is 14.6 Å². The van der Waals surface area contributed by atoms with Crippen LogP contribution >= 0.6 is 22.6 Å². The summed E-state index contributed by atoms with van der Waals surface area (Å²) in [5.41, 5.74) is 1.20. The Morgan fingerprint density at radius 3 is 2.84 bits per heavy atom. The fourth-order valence-corrected chi connectivity index (χ4v) is 3.11. The van der Waals surface area contributed by atoms with Gasteiger partial charge in [0.25, 0.3) is 5.69 Å². The van der Waals surface area contributed by atoms with Gasteiger partial charge < -0.3 is 9.64 Å². The first kappa shape index (κ1) is 14.5. The quantitative estimate of drug-likeness (QED) is 0.462. The first-order chi connectivity index (χ1) is 9.02. The molecular formula is C13H17IN2O3. The molecule has 104 valence electrons. The van der Waals surface area contributed by atoms with Gasteiger partial charge in [-0.15, -0.1) is 0 Å². The lowest BCUT2D eigenvalue weighted by Gasteiger charge is -2.37. The molecule has 1 aromatic rings. The fourth-order valence-electron chi connectivity index (χ4n) is 2.42. The Morgan fingerprint density at radius 2 is 2.26 bits per heavy atom. The molecule has 0 aromatic heterocycles. The van der Waals surface area contributed by atoms with Crippen LogP contribution in [0.5, 0.6) is 0 Å². The minimum absolute atomic E-state index is 0.165. The van der Waals surface area contributed by atoms with Crippen molar-refractivity contribution in [3.8, 4) is 0 Å². The summed E-state index contributed by atoms with van der Waals surface area (Å²) >= 11 is 2.02. The zero-order valence-electron chi connectivity index (χ0n) is 11.0. The van der Waals surface area contributed by atoms with E-state index in [0.29, 0.717) is 9.49 Å². The molecule has 1 aliphatic heterocycles. The van der Waals surface area contributed by atoms with E-state index in [0.717, 1.165) is 25.2 Å². The van der Waals surface area contributed by atoms with Gasteiger partial charge in [-0.2, -0.15) is 0 Å². The van der Waals surface area contributed by atoms with E-state index in [1.165, 1.54) is 0 Å². The zero-order valence-corrected chi connectivity index (χ0v) is 13.2. The summed E-state index contributed by atoms with van der Waals surface area (Å²) in [6.07, 6.45) is 1.30. The zero-order chi connectivity index (χ0) is 14.0. The fraction of sp³-hybridized carbons (Fsp3) is 0.538. The smallest absolute Gasteiger partial charge is 0.282 e. The Kier molecular flexibility index (Phi) is 4.62. The standard InChI is InChI=1S/C13H17IN2O3/c1-9-5-6-15(8-13(9)19-2)10-3-4-12(16(17)18)11(14)7-10/h3-4,7,9,13H,5-6,8H2,1-2H3. The van der Waals surface area contributed by atoms with Crippen molar-refractivity contribution in [2.45, 2.75) is 19.4 Å². The summed E-state index contributed by atoms with van der Waals surface area (Å²) in [5.74, 6) is 0.554. The van der Waals surface area contributed by atoms with Gasteiger partial charge in [-0.1, -0.05) is 6.92 Å². The number of hydrogen-bond acceptors (Lipinski definition) is 4. The maximum atomic E-state index is 10.8. The number of ether oxygens (including phenoxy) is 1. The molecule has 5 nitrogen and oxygen atoms in total. The van der Waals surface area contributed by atoms with E-state index in [2.05, 4.69) is 11.8 Å². The summed E-state index contributed by atoms with van der Waals surface area (Å²) in [6, 6.07) is 5.28. The van der Waals surface area contributed by atoms with Crippen molar-refractivity contribution in [2.24, 2.45) is 5.92 Å². The minimum Gasteiger partial charge on any atom is -0.379 e. The van der Waals surface area contributed by atoms with E-state index < -0.39 is 0 Å². The van der Waals surface area contributed by atoms with E-state index in [1.807, 2.05) is 34.7 Å². The van der Waals surface area contributed by atoms with E-state index in [-0.39, 0.29) is 16.7 Å². The predicted molar refractivity (Wildman–Crippen MR) is 82.6 cm³/mol. The van der Waals surface area contributed by atoms with Gasteiger partial charge in [-0.3, -0.25) is 10.1 Å². The molecule has 1 fully saturated rings. The van der Waals surface area contributed by atoms with Gasteiger partial charge in [0.1, 0.15) is 0 Å². The van der Waals surface area contributed by atoms with Crippen molar-refractivity contribution < 1.29 is 9.66 Å². The van der Waals surface area contributed by atoms with Crippen LogP contribution in [0.2, 0.25) is 0 Å². The third-order valence-electron chi connectivity index (χ3n) is 3.69.